The van der Waals surface area contributed by atoms with Crippen molar-refractivity contribution in [2.24, 2.45) is 41.4 Å². The molecule has 3 aliphatic heterocycles. The van der Waals surface area contributed by atoms with Gasteiger partial charge in [-0.3, -0.25) is 57.5 Å². The van der Waals surface area contributed by atoms with E-state index in [1.807, 2.05) is 13.8 Å². The fourth-order valence-electron chi connectivity index (χ4n) is 17.6. The first-order chi connectivity index (χ1) is 50.2. The number of alkyl halides is 8. The van der Waals surface area contributed by atoms with Crippen LogP contribution in [0.1, 0.15) is 202 Å². The van der Waals surface area contributed by atoms with Gasteiger partial charge in [0, 0.05) is 69.0 Å². The Morgan fingerprint density at radius 2 is 1.18 bits per heavy atom. The Bertz CT molecular complexity index is 3130. The molecular formula is C75H118F8N12O12. The summed E-state index contributed by atoms with van der Waals surface area (Å²) < 4.78 is 115. The van der Waals surface area contributed by atoms with Crippen molar-refractivity contribution in [3.8, 4) is 0 Å². The van der Waals surface area contributed by atoms with Gasteiger partial charge < -0.3 is 60.0 Å². The Morgan fingerprint density at radius 1 is 0.579 bits per heavy atom. The predicted octanol–water partition coefficient (Wildman–Crippen LogP) is 7.34. The van der Waals surface area contributed by atoms with E-state index in [1.165, 1.54) is 83.6 Å². The molecule has 2 unspecified atom stereocenters. The van der Waals surface area contributed by atoms with Crippen LogP contribution in [0.15, 0.2) is 0 Å². The lowest BCUT2D eigenvalue weighted by Crippen LogP contribution is -2.65. The fourth-order valence-corrected chi connectivity index (χ4v) is 17.6. The molecular weight excluding hydrogens is 1410 g/mol. The molecule has 7 fully saturated rings. The number of nitrogens with one attached hydrogen (secondary N) is 3. The second kappa shape index (κ2) is 37.7. The molecule has 0 aromatic heterocycles. The van der Waals surface area contributed by atoms with Crippen LogP contribution in [0.5, 0.6) is 0 Å². The summed E-state index contributed by atoms with van der Waals surface area (Å²) in [6.07, 6.45) is -13.0. The van der Waals surface area contributed by atoms with Crippen molar-refractivity contribution in [1.29, 1.82) is 0 Å². The monoisotopic (exact) mass is 1530 g/mol. The van der Waals surface area contributed by atoms with Gasteiger partial charge in [-0.1, -0.05) is 72.6 Å². The second-order valence-electron chi connectivity index (χ2n) is 32.4. The second-order valence-corrected chi connectivity index (χ2v) is 32.4. The van der Waals surface area contributed by atoms with E-state index >= 15 is 42.3 Å². The molecule has 24 nitrogen and oxygen atoms in total. The molecule has 12 amide bonds. The summed E-state index contributed by atoms with van der Waals surface area (Å²) in [4.78, 5) is 192. The first-order valence-electron chi connectivity index (χ1n) is 38.9. The fraction of sp³-hybridized carbons (Fsp3) is 0.840. The number of amides is 12. The molecule has 0 radical (unpaired) electrons. The summed E-state index contributed by atoms with van der Waals surface area (Å²) >= 11 is 0. The van der Waals surface area contributed by atoms with Crippen LogP contribution >= 0.6 is 0 Å². The summed E-state index contributed by atoms with van der Waals surface area (Å²) in [6, 6.07) is -10.9. The Kier molecular flexibility index (Phi) is 30.7. The third-order valence-electron chi connectivity index (χ3n) is 24.3. The van der Waals surface area contributed by atoms with Gasteiger partial charge in [0.1, 0.15) is 72.1 Å². The highest BCUT2D eigenvalue weighted by atomic mass is 19.4. The smallest absolute Gasteiger partial charge is 0.347 e. The minimum atomic E-state index is -5.20. The van der Waals surface area contributed by atoms with Gasteiger partial charge >= 0.3 is 12.4 Å². The quantitative estimate of drug-likeness (QED) is 0.162. The Labute approximate surface area is 624 Å². The summed E-state index contributed by atoms with van der Waals surface area (Å²) in [5.41, 5.74) is -1.66. The van der Waals surface area contributed by atoms with Crippen molar-refractivity contribution in [2.45, 2.75) is 280 Å². The number of carbonyl (C=O) groups is 12. The maximum Gasteiger partial charge on any atom is 0.397 e. The van der Waals surface area contributed by atoms with E-state index in [0.29, 0.717) is 64.2 Å². The minimum absolute atomic E-state index is 0.0192. The van der Waals surface area contributed by atoms with E-state index in [0.717, 1.165) is 9.80 Å². The number of hydrogen-bond acceptors (Lipinski definition) is 12. The maximum absolute atomic E-state index is 15.6. The molecule has 107 heavy (non-hydrogen) atoms. The molecule has 0 aromatic carbocycles. The van der Waals surface area contributed by atoms with Gasteiger partial charge in [-0.2, -0.15) is 26.3 Å². The van der Waals surface area contributed by atoms with Crippen LogP contribution in [-0.2, 0) is 57.5 Å². The largest absolute Gasteiger partial charge is 0.397 e. The Hall–Kier alpha value is -6.92. The number of carbonyl (C=O) groups excluding carboxylic acids is 12. The van der Waals surface area contributed by atoms with E-state index in [9.17, 15) is 50.3 Å². The topological polar surface area (TPSA) is 270 Å². The van der Waals surface area contributed by atoms with Gasteiger partial charge in [0.15, 0.2) is 0 Å². The van der Waals surface area contributed by atoms with Crippen molar-refractivity contribution in [1.82, 2.24) is 60.0 Å². The molecule has 2 bridgehead atoms. The molecule has 1 spiro atoms. The van der Waals surface area contributed by atoms with Crippen molar-refractivity contribution in [2.75, 3.05) is 82.1 Å². The summed E-state index contributed by atoms with van der Waals surface area (Å²) in [5, 5.41) is 8.53. The number of hydrogen-bond donors (Lipinski definition) is 3. The number of rotatable bonds is 12. The van der Waals surface area contributed by atoms with Crippen LogP contribution in [0, 0.1) is 41.4 Å². The van der Waals surface area contributed by atoms with E-state index < -0.39 is 224 Å². The van der Waals surface area contributed by atoms with E-state index in [-0.39, 0.29) is 103 Å². The van der Waals surface area contributed by atoms with Crippen LogP contribution in [0.4, 0.5) is 35.1 Å². The lowest BCUT2D eigenvalue weighted by molar-refractivity contribution is -0.219. The van der Waals surface area contributed by atoms with Crippen molar-refractivity contribution in [3.63, 3.8) is 0 Å². The molecule has 0 aromatic rings. The molecule has 7 rings (SSSR count). The number of nitrogens with zero attached hydrogens (tertiary/aromatic N) is 9. The zero-order valence-corrected chi connectivity index (χ0v) is 64.7. The molecule has 3 N–H and O–H groups in total. The Morgan fingerprint density at radius 3 is 1.75 bits per heavy atom. The van der Waals surface area contributed by atoms with Gasteiger partial charge in [0.25, 0.3) is 0 Å². The first kappa shape index (κ1) is 87.3. The highest BCUT2D eigenvalue weighted by Gasteiger charge is 2.55. The summed E-state index contributed by atoms with van der Waals surface area (Å²) in [5.74, 6) is -16.4. The molecule has 4 saturated carbocycles. The van der Waals surface area contributed by atoms with Gasteiger partial charge in [-0.05, 0) is 152 Å². The molecule has 32 heteroatoms. The van der Waals surface area contributed by atoms with Crippen LogP contribution < -0.4 is 16.0 Å². The first-order valence-corrected chi connectivity index (χ1v) is 38.9. The summed E-state index contributed by atoms with van der Waals surface area (Å²) in [7, 11) is 9.70. The lowest BCUT2D eigenvalue weighted by Gasteiger charge is -2.42. The van der Waals surface area contributed by atoms with E-state index in [4.69, 9.17) is 0 Å². The third-order valence-corrected chi connectivity index (χ3v) is 24.3. The number of halogens is 8. The van der Waals surface area contributed by atoms with Gasteiger partial charge in [0.2, 0.25) is 70.9 Å². The predicted molar refractivity (Wildman–Crippen MR) is 380 cm³/mol. The number of fused-ring (bicyclic) bond motifs is 3. The normalized spacial score (nSPS) is 31.4. The SMILES string of the molecule is CC[C@H](C)[C@@H]1NC(=O)[C@H](CC(C)C)N(C)C(=O)C[C@@H](C(=O)N(C)C)N(C)C(=O)[C@H](C2CCCC2)N(C)C(=O)C2(CCCC2)NC(=O)[C@@H]2CCCN2C(=O)[C@H](CCC2CC(F)C(C(F)(F)F)C(F)C2)NC(=O)CN(C)C(=O)[C@H](CC2CCC(C(F)(F)F)CC2)N2CCCCC[C@@H](C2=O)N(C)C(=O)CN(CC)C1=O. The zero-order chi connectivity index (χ0) is 79.5. The molecule has 11 atom stereocenters. The van der Waals surface area contributed by atoms with Crippen LogP contribution in [-0.4, -0.2) is 276 Å². The van der Waals surface area contributed by atoms with Crippen molar-refractivity contribution < 1.29 is 92.7 Å². The van der Waals surface area contributed by atoms with Gasteiger partial charge in [-0.25, -0.2) is 8.78 Å². The minimum Gasteiger partial charge on any atom is -0.347 e. The van der Waals surface area contributed by atoms with Crippen molar-refractivity contribution >= 4 is 70.9 Å². The zero-order valence-electron chi connectivity index (χ0n) is 64.7. The van der Waals surface area contributed by atoms with Gasteiger partial charge in [0.05, 0.1) is 25.4 Å². The molecule has 606 valence electrons. The maximum atomic E-state index is 15.6. The number of likely N-dealkylation sites (N-methyl/N-ethyl adjacent to an activating group) is 7. The van der Waals surface area contributed by atoms with Crippen LogP contribution in [0.3, 0.4) is 0 Å². The van der Waals surface area contributed by atoms with Crippen molar-refractivity contribution in [3.05, 3.63) is 0 Å². The average molecular weight is 1530 g/mol. The van der Waals surface area contributed by atoms with Gasteiger partial charge in [-0.15, -0.1) is 0 Å². The van der Waals surface area contributed by atoms with Crippen LogP contribution in [0.25, 0.3) is 0 Å². The standard InChI is InChI=1S/C75H118F8N12O12/c1-13-45(5)62-70(105)93(14-2)43-60(98)89(9)54-25-16-15-21-35-95(69(54)104)57(40-46-27-30-49(31-28-46)74(78,79)80)68(103)88(8)42-58(96)84-52(32-29-47-38-50(76)61(51(77)39-47)75(81,82)83)66(101)94-36-22-26-53(94)65(100)86-73(33-19-20-34-73)72(107)92(12)63(48-23-17-18-24-48)71(106)91(11)56(67(102)87(6)7)41-59(97)90(10)55(37-44(3)4)64(99)85-62/h44-57,61-63H,13-43H2,1-12H3,(H,84,96)(H,85,99)(H,86,100)/t45-,46?,47?,49?,50?,51?,52-,53-,54-,55-,56-,57-,61?,62-,63-/m0/s1. The highest BCUT2D eigenvalue weighted by molar-refractivity contribution is 6.01. The molecule has 4 aliphatic carbocycles. The van der Waals surface area contributed by atoms with Crippen LogP contribution in [0.2, 0.25) is 0 Å². The molecule has 3 saturated heterocycles. The lowest BCUT2D eigenvalue weighted by atomic mass is 9.76. The molecule has 7 aliphatic rings. The Balaban J connectivity index is 1.32. The third kappa shape index (κ3) is 21.4. The van der Waals surface area contributed by atoms with E-state index in [1.54, 1.807) is 20.8 Å². The molecule has 3 heterocycles. The summed E-state index contributed by atoms with van der Waals surface area (Å²) in [6.45, 7) is 7.14. The average Bonchev–Trinajstić information content (AvgIpc) is 1.75. The highest BCUT2D eigenvalue weighted by Crippen LogP contribution is 2.46. The van der Waals surface area contributed by atoms with E-state index in [2.05, 4.69) is 16.0 Å².